The van der Waals surface area contributed by atoms with Crippen LogP contribution in [0.5, 0.6) is 0 Å². The Balaban J connectivity index is 2.26. The topological polar surface area (TPSA) is 38.5 Å². The molecule has 2 N–H and O–H groups in total. The molecule has 0 aromatic rings. The van der Waals surface area contributed by atoms with Crippen LogP contribution >= 0.6 is 0 Å². The van der Waals surface area contributed by atoms with E-state index in [1.165, 1.54) is 19.3 Å². The van der Waals surface area contributed by atoms with Crippen LogP contribution < -0.4 is 5.73 Å². The minimum absolute atomic E-state index is 0.439. The Labute approximate surface area is 87.6 Å². The number of likely N-dealkylation sites (N-methyl/N-ethyl adjacent to an activating group) is 1. The van der Waals surface area contributed by atoms with E-state index in [0.717, 1.165) is 26.1 Å². The molecule has 0 saturated carbocycles. The minimum atomic E-state index is 0.439. The number of ether oxygens (including phenoxy) is 1. The summed E-state index contributed by atoms with van der Waals surface area (Å²) >= 11 is 0. The van der Waals surface area contributed by atoms with Gasteiger partial charge in [-0.05, 0) is 32.7 Å². The fourth-order valence-corrected chi connectivity index (χ4v) is 2.08. The molecule has 3 heteroatoms. The van der Waals surface area contributed by atoms with Crippen LogP contribution in [0.2, 0.25) is 0 Å². The molecule has 0 bridgehead atoms. The average molecular weight is 200 g/mol. The second-order valence-corrected chi connectivity index (χ2v) is 4.23. The van der Waals surface area contributed by atoms with Gasteiger partial charge >= 0.3 is 0 Å². The van der Waals surface area contributed by atoms with Crippen LogP contribution in [0.25, 0.3) is 0 Å². The Bertz CT molecular complexity index is 142. The summed E-state index contributed by atoms with van der Waals surface area (Å²) < 4.78 is 5.71. The van der Waals surface area contributed by atoms with Gasteiger partial charge in [-0.15, -0.1) is 0 Å². The highest BCUT2D eigenvalue weighted by molar-refractivity contribution is 4.73. The van der Waals surface area contributed by atoms with Crippen molar-refractivity contribution in [1.82, 2.24) is 4.90 Å². The lowest BCUT2D eigenvalue weighted by Gasteiger charge is -2.31. The standard InChI is InChI=1S/C11H24N2O/c1-3-10(8-12)13(2)9-11-6-4-5-7-14-11/h10-11H,3-9,12H2,1-2H3. The molecule has 0 aliphatic carbocycles. The molecule has 2 unspecified atom stereocenters. The molecule has 0 aromatic carbocycles. The van der Waals surface area contributed by atoms with E-state index >= 15 is 0 Å². The number of rotatable bonds is 5. The van der Waals surface area contributed by atoms with E-state index in [2.05, 4.69) is 18.9 Å². The van der Waals surface area contributed by atoms with Crippen LogP contribution in [-0.2, 0) is 4.74 Å². The quantitative estimate of drug-likeness (QED) is 0.725. The van der Waals surface area contributed by atoms with Crippen molar-refractivity contribution in [3.05, 3.63) is 0 Å². The third kappa shape index (κ3) is 3.56. The molecule has 1 fully saturated rings. The molecule has 1 aliphatic rings. The molecule has 0 amide bonds. The van der Waals surface area contributed by atoms with E-state index in [1.807, 2.05) is 0 Å². The molecule has 2 atom stereocenters. The molecule has 0 aromatic heterocycles. The van der Waals surface area contributed by atoms with Crippen molar-refractivity contribution in [2.75, 3.05) is 26.7 Å². The number of hydrogen-bond acceptors (Lipinski definition) is 3. The first-order valence-corrected chi connectivity index (χ1v) is 5.79. The molecule has 3 nitrogen and oxygen atoms in total. The highest BCUT2D eigenvalue weighted by Crippen LogP contribution is 2.14. The summed E-state index contributed by atoms with van der Waals surface area (Å²) in [7, 11) is 2.15. The van der Waals surface area contributed by atoms with Gasteiger partial charge in [0.15, 0.2) is 0 Å². The second-order valence-electron chi connectivity index (χ2n) is 4.23. The lowest BCUT2D eigenvalue weighted by molar-refractivity contribution is -0.00779. The summed E-state index contributed by atoms with van der Waals surface area (Å²) in [5.41, 5.74) is 5.71. The van der Waals surface area contributed by atoms with Crippen LogP contribution in [0.15, 0.2) is 0 Å². The maximum absolute atomic E-state index is 5.71. The summed E-state index contributed by atoms with van der Waals surface area (Å²) in [4.78, 5) is 2.34. The zero-order valence-corrected chi connectivity index (χ0v) is 9.54. The second kappa shape index (κ2) is 6.38. The van der Waals surface area contributed by atoms with Gasteiger partial charge in [0.1, 0.15) is 0 Å². The smallest absolute Gasteiger partial charge is 0.0702 e. The van der Waals surface area contributed by atoms with Crippen molar-refractivity contribution in [3.8, 4) is 0 Å². The van der Waals surface area contributed by atoms with Gasteiger partial charge in [0.25, 0.3) is 0 Å². The van der Waals surface area contributed by atoms with Gasteiger partial charge in [-0.25, -0.2) is 0 Å². The predicted molar refractivity (Wildman–Crippen MR) is 59.4 cm³/mol. The van der Waals surface area contributed by atoms with E-state index in [1.54, 1.807) is 0 Å². The van der Waals surface area contributed by atoms with Crippen molar-refractivity contribution in [3.63, 3.8) is 0 Å². The predicted octanol–water partition coefficient (Wildman–Crippen LogP) is 1.22. The van der Waals surface area contributed by atoms with E-state index < -0.39 is 0 Å². The maximum Gasteiger partial charge on any atom is 0.0702 e. The molecular formula is C11H24N2O. The van der Waals surface area contributed by atoms with Crippen LogP contribution in [0, 0.1) is 0 Å². The highest BCUT2D eigenvalue weighted by Gasteiger charge is 2.19. The number of nitrogens with two attached hydrogens (primary N) is 1. The molecule has 84 valence electrons. The summed E-state index contributed by atoms with van der Waals surface area (Å²) in [6, 6.07) is 0.514. The monoisotopic (exact) mass is 200 g/mol. The lowest BCUT2D eigenvalue weighted by Crippen LogP contribution is -2.42. The maximum atomic E-state index is 5.71. The molecule has 1 rings (SSSR count). The average Bonchev–Trinajstić information content (AvgIpc) is 2.21. The zero-order valence-electron chi connectivity index (χ0n) is 9.54. The largest absolute Gasteiger partial charge is 0.377 e. The van der Waals surface area contributed by atoms with Crippen LogP contribution in [0.3, 0.4) is 0 Å². The molecule has 1 heterocycles. The first-order chi connectivity index (χ1) is 6.77. The summed E-state index contributed by atoms with van der Waals surface area (Å²) in [5.74, 6) is 0. The zero-order chi connectivity index (χ0) is 10.4. The Morgan fingerprint density at radius 3 is 2.79 bits per heavy atom. The van der Waals surface area contributed by atoms with E-state index in [9.17, 15) is 0 Å². The van der Waals surface area contributed by atoms with Crippen molar-refractivity contribution < 1.29 is 4.74 Å². The molecule has 0 radical (unpaired) electrons. The summed E-state index contributed by atoms with van der Waals surface area (Å²) in [6.45, 7) is 4.92. The number of hydrogen-bond donors (Lipinski definition) is 1. The first-order valence-electron chi connectivity index (χ1n) is 5.79. The third-order valence-electron chi connectivity index (χ3n) is 3.13. The summed E-state index contributed by atoms with van der Waals surface area (Å²) in [6.07, 6.45) is 5.33. The minimum Gasteiger partial charge on any atom is -0.377 e. The highest BCUT2D eigenvalue weighted by atomic mass is 16.5. The van der Waals surface area contributed by atoms with Gasteiger partial charge in [-0.3, -0.25) is 4.90 Å². The van der Waals surface area contributed by atoms with Gasteiger partial charge in [0.2, 0.25) is 0 Å². The van der Waals surface area contributed by atoms with E-state index in [0.29, 0.717) is 12.1 Å². The Morgan fingerprint density at radius 1 is 1.50 bits per heavy atom. The van der Waals surface area contributed by atoms with Gasteiger partial charge in [0.05, 0.1) is 6.10 Å². The normalized spacial score (nSPS) is 25.3. The van der Waals surface area contributed by atoms with E-state index in [4.69, 9.17) is 10.5 Å². The fraction of sp³-hybridized carbons (Fsp3) is 1.00. The third-order valence-corrected chi connectivity index (χ3v) is 3.13. The van der Waals surface area contributed by atoms with Crippen LogP contribution in [0.4, 0.5) is 0 Å². The van der Waals surface area contributed by atoms with Crippen LogP contribution in [0.1, 0.15) is 32.6 Å². The van der Waals surface area contributed by atoms with Gasteiger partial charge in [0, 0.05) is 25.7 Å². The van der Waals surface area contributed by atoms with Gasteiger partial charge < -0.3 is 10.5 Å². The number of nitrogens with zero attached hydrogens (tertiary/aromatic N) is 1. The van der Waals surface area contributed by atoms with Crippen molar-refractivity contribution in [2.45, 2.75) is 44.8 Å². The van der Waals surface area contributed by atoms with Gasteiger partial charge in [-0.1, -0.05) is 6.92 Å². The lowest BCUT2D eigenvalue weighted by atomic mass is 10.1. The van der Waals surface area contributed by atoms with Gasteiger partial charge in [-0.2, -0.15) is 0 Å². The molecule has 0 spiro atoms. The van der Waals surface area contributed by atoms with E-state index in [-0.39, 0.29) is 0 Å². The fourth-order valence-electron chi connectivity index (χ4n) is 2.08. The molecule has 14 heavy (non-hydrogen) atoms. The van der Waals surface area contributed by atoms with Crippen molar-refractivity contribution >= 4 is 0 Å². The van der Waals surface area contributed by atoms with Crippen molar-refractivity contribution in [2.24, 2.45) is 5.73 Å². The molecular weight excluding hydrogens is 176 g/mol. The van der Waals surface area contributed by atoms with Crippen LogP contribution in [-0.4, -0.2) is 43.8 Å². The molecule has 1 aliphatic heterocycles. The Morgan fingerprint density at radius 2 is 2.29 bits per heavy atom. The summed E-state index contributed by atoms with van der Waals surface area (Å²) in [5, 5.41) is 0. The SMILES string of the molecule is CCC(CN)N(C)CC1CCCCO1. The molecule has 1 saturated heterocycles. The Hall–Kier alpha value is -0.120. The first kappa shape index (κ1) is 12.0. The van der Waals surface area contributed by atoms with Crippen molar-refractivity contribution in [1.29, 1.82) is 0 Å². The Kier molecular flexibility index (Phi) is 5.45.